The number of aliphatic hydroxyl groups excluding tert-OH is 1. The van der Waals surface area contributed by atoms with E-state index in [9.17, 15) is 28.2 Å². The van der Waals surface area contributed by atoms with Crippen molar-refractivity contribution < 1.29 is 28.2 Å². The second kappa shape index (κ2) is 8.45. The molecule has 0 saturated carbocycles. The normalized spacial score (nSPS) is 18.6. The summed E-state index contributed by atoms with van der Waals surface area (Å²) >= 11 is 0. The van der Waals surface area contributed by atoms with Crippen molar-refractivity contribution in [3.63, 3.8) is 0 Å². The van der Waals surface area contributed by atoms with Gasteiger partial charge in [-0.05, 0) is 31.5 Å². The molecular formula is C21H23N5O6S. The molecule has 33 heavy (non-hydrogen) atoms. The predicted octanol–water partition coefficient (Wildman–Crippen LogP) is 1.01. The quantitative estimate of drug-likeness (QED) is 0.496. The first-order valence-electron chi connectivity index (χ1n) is 10.2. The largest absolute Gasteiger partial charge is 0.465 e. The van der Waals surface area contributed by atoms with Crippen LogP contribution in [0.2, 0.25) is 0 Å². The molecule has 2 amide bonds. The molecule has 0 spiro atoms. The van der Waals surface area contributed by atoms with Crippen LogP contribution >= 0.6 is 0 Å². The van der Waals surface area contributed by atoms with Crippen molar-refractivity contribution in [3.8, 4) is 0 Å². The fourth-order valence-electron chi connectivity index (χ4n) is 3.80. The number of amides is 2. The van der Waals surface area contributed by atoms with E-state index in [2.05, 4.69) is 15.3 Å². The molecule has 3 aromatic rings. The molecule has 1 aromatic carbocycles. The number of carboxylic acid groups (broad SMARTS) is 1. The SMILES string of the molecule is Cc1ccc(S(=O)(=O)n2cc(C)c3nc(CNC(=O)C4CC(O)CN4C(=O)O)cnc32)cc1. The number of nitrogens with zero attached hydrogens (tertiary/aromatic N) is 4. The molecule has 0 aliphatic carbocycles. The zero-order chi connectivity index (χ0) is 23.9. The Morgan fingerprint density at radius 3 is 2.58 bits per heavy atom. The second-order valence-corrected chi connectivity index (χ2v) is 9.83. The van der Waals surface area contributed by atoms with Gasteiger partial charge in [-0.15, -0.1) is 0 Å². The second-order valence-electron chi connectivity index (χ2n) is 8.02. The van der Waals surface area contributed by atoms with E-state index in [1.807, 2.05) is 6.92 Å². The van der Waals surface area contributed by atoms with Crippen molar-refractivity contribution in [2.75, 3.05) is 6.54 Å². The van der Waals surface area contributed by atoms with Crippen molar-refractivity contribution in [1.82, 2.24) is 24.2 Å². The Hall–Kier alpha value is -3.51. The summed E-state index contributed by atoms with van der Waals surface area (Å²) in [5.41, 5.74) is 2.45. The number of benzene rings is 1. The summed E-state index contributed by atoms with van der Waals surface area (Å²) in [7, 11) is -3.87. The van der Waals surface area contributed by atoms with Crippen LogP contribution in [0.25, 0.3) is 11.2 Å². The van der Waals surface area contributed by atoms with Gasteiger partial charge in [0.1, 0.15) is 11.6 Å². The minimum absolute atomic E-state index is 0.0156. The molecule has 1 aliphatic heterocycles. The van der Waals surface area contributed by atoms with Crippen LogP contribution in [0, 0.1) is 13.8 Å². The fourth-order valence-corrected chi connectivity index (χ4v) is 5.17. The maximum atomic E-state index is 13.1. The van der Waals surface area contributed by atoms with Gasteiger partial charge in [0.2, 0.25) is 5.91 Å². The number of aliphatic hydroxyl groups is 1. The molecule has 0 radical (unpaired) electrons. The van der Waals surface area contributed by atoms with Crippen LogP contribution in [-0.4, -0.2) is 68.2 Å². The Kier molecular flexibility index (Phi) is 5.80. The van der Waals surface area contributed by atoms with Crippen molar-refractivity contribution in [1.29, 1.82) is 0 Å². The molecule has 2 unspecified atom stereocenters. The van der Waals surface area contributed by atoms with Crippen LogP contribution in [0.3, 0.4) is 0 Å². The van der Waals surface area contributed by atoms with Crippen LogP contribution in [0.15, 0.2) is 41.6 Å². The lowest BCUT2D eigenvalue weighted by Gasteiger charge is -2.20. The third-order valence-corrected chi connectivity index (χ3v) is 7.21. The third-order valence-electron chi connectivity index (χ3n) is 5.55. The first-order chi connectivity index (χ1) is 15.6. The van der Waals surface area contributed by atoms with E-state index in [4.69, 9.17) is 0 Å². The highest BCUT2D eigenvalue weighted by atomic mass is 32.2. The van der Waals surface area contributed by atoms with Crippen molar-refractivity contribution >= 4 is 33.2 Å². The molecule has 2 atom stereocenters. The Balaban J connectivity index is 1.56. The number of β-amino-alcohol motifs (C(OH)–C–C–N with tert-alkyl or cyclic N) is 1. The molecule has 0 bridgehead atoms. The molecular weight excluding hydrogens is 450 g/mol. The van der Waals surface area contributed by atoms with E-state index in [-0.39, 0.29) is 30.1 Å². The van der Waals surface area contributed by atoms with Crippen molar-refractivity contribution in [2.45, 2.75) is 43.9 Å². The van der Waals surface area contributed by atoms with Gasteiger partial charge in [-0.1, -0.05) is 17.7 Å². The van der Waals surface area contributed by atoms with Gasteiger partial charge in [0.05, 0.1) is 36.0 Å². The topological polar surface area (TPSA) is 155 Å². The number of nitrogens with one attached hydrogen (secondary N) is 1. The lowest BCUT2D eigenvalue weighted by Crippen LogP contribution is -2.45. The molecule has 1 saturated heterocycles. The molecule has 4 rings (SSSR count). The van der Waals surface area contributed by atoms with Crippen LogP contribution in [0.5, 0.6) is 0 Å². The van der Waals surface area contributed by atoms with Crippen LogP contribution in [0.1, 0.15) is 23.2 Å². The van der Waals surface area contributed by atoms with E-state index >= 15 is 0 Å². The zero-order valence-corrected chi connectivity index (χ0v) is 18.8. The Labute approximate surface area is 189 Å². The standard InChI is InChI=1S/C21H23N5O6S/c1-12-3-5-16(6-4-12)33(31,32)26-10-13(2)18-19(26)22-8-14(24-18)9-23-20(28)17-7-15(27)11-25(17)21(29)30/h3-6,8,10,15,17,27H,7,9,11H2,1-2H3,(H,23,28)(H,29,30). The Morgan fingerprint density at radius 1 is 1.21 bits per heavy atom. The van der Waals surface area contributed by atoms with Crippen molar-refractivity contribution in [3.05, 3.63) is 53.5 Å². The Bertz CT molecular complexity index is 1340. The average Bonchev–Trinajstić information content (AvgIpc) is 3.33. The smallest absolute Gasteiger partial charge is 0.408 e. The number of aromatic nitrogens is 3. The molecule has 11 nitrogen and oxygen atoms in total. The van der Waals surface area contributed by atoms with Gasteiger partial charge in [-0.3, -0.25) is 9.69 Å². The van der Waals surface area contributed by atoms with Gasteiger partial charge < -0.3 is 15.5 Å². The summed E-state index contributed by atoms with van der Waals surface area (Å²) in [5, 5.41) is 21.5. The number of rotatable bonds is 5. The van der Waals surface area contributed by atoms with E-state index < -0.39 is 34.2 Å². The number of hydrogen-bond acceptors (Lipinski definition) is 7. The number of likely N-dealkylation sites (tertiary alicyclic amines) is 1. The maximum Gasteiger partial charge on any atom is 0.408 e. The van der Waals surface area contributed by atoms with Gasteiger partial charge >= 0.3 is 6.09 Å². The highest BCUT2D eigenvalue weighted by Crippen LogP contribution is 2.23. The fraction of sp³-hybridized carbons (Fsp3) is 0.333. The van der Waals surface area contributed by atoms with E-state index in [1.165, 1.54) is 24.5 Å². The molecule has 3 N–H and O–H groups in total. The van der Waals surface area contributed by atoms with E-state index in [0.29, 0.717) is 16.8 Å². The van der Waals surface area contributed by atoms with E-state index in [0.717, 1.165) is 14.4 Å². The minimum atomic E-state index is -3.87. The first-order valence-corrected chi connectivity index (χ1v) is 11.6. The third kappa shape index (κ3) is 4.26. The van der Waals surface area contributed by atoms with Gasteiger partial charge in [-0.25, -0.2) is 27.2 Å². The lowest BCUT2D eigenvalue weighted by atomic mass is 10.2. The van der Waals surface area contributed by atoms with E-state index in [1.54, 1.807) is 19.1 Å². The monoisotopic (exact) mass is 473 g/mol. The number of carbonyl (C=O) groups excluding carboxylic acids is 1. The zero-order valence-electron chi connectivity index (χ0n) is 18.0. The van der Waals surface area contributed by atoms with Gasteiger partial charge in [0.15, 0.2) is 5.65 Å². The molecule has 1 fully saturated rings. The molecule has 1 aliphatic rings. The average molecular weight is 474 g/mol. The lowest BCUT2D eigenvalue weighted by molar-refractivity contribution is -0.125. The molecule has 2 aromatic heterocycles. The van der Waals surface area contributed by atoms with Crippen LogP contribution < -0.4 is 5.32 Å². The maximum absolute atomic E-state index is 13.1. The molecule has 12 heteroatoms. The summed E-state index contributed by atoms with van der Waals surface area (Å²) in [5.74, 6) is -0.549. The minimum Gasteiger partial charge on any atom is -0.465 e. The van der Waals surface area contributed by atoms with Gasteiger partial charge in [0, 0.05) is 12.6 Å². The van der Waals surface area contributed by atoms with Crippen LogP contribution in [-0.2, 0) is 21.4 Å². The first kappa shape index (κ1) is 22.7. The highest BCUT2D eigenvalue weighted by molar-refractivity contribution is 7.90. The summed E-state index contributed by atoms with van der Waals surface area (Å²) in [4.78, 5) is 33.5. The summed E-state index contributed by atoms with van der Waals surface area (Å²) in [6, 6.07) is 5.50. The van der Waals surface area contributed by atoms with Gasteiger partial charge in [0.25, 0.3) is 10.0 Å². The summed E-state index contributed by atoms with van der Waals surface area (Å²) < 4.78 is 27.3. The van der Waals surface area contributed by atoms with Gasteiger partial charge in [-0.2, -0.15) is 0 Å². The number of fused-ring (bicyclic) bond motifs is 1. The highest BCUT2D eigenvalue weighted by Gasteiger charge is 2.38. The molecule has 174 valence electrons. The summed E-state index contributed by atoms with van der Waals surface area (Å²) in [6.07, 6.45) is 0.654. The Morgan fingerprint density at radius 2 is 1.91 bits per heavy atom. The summed E-state index contributed by atoms with van der Waals surface area (Å²) in [6.45, 7) is 3.43. The van der Waals surface area contributed by atoms with Crippen molar-refractivity contribution in [2.24, 2.45) is 0 Å². The predicted molar refractivity (Wildman–Crippen MR) is 117 cm³/mol. The number of hydrogen-bond donors (Lipinski definition) is 3. The van der Waals surface area contributed by atoms with Crippen LogP contribution in [0.4, 0.5) is 4.79 Å². The number of carbonyl (C=O) groups is 2. The number of aryl methyl sites for hydroxylation is 2. The molecule has 3 heterocycles.